The van der Waals surface area contributed by atoms with E-state index in [2.05, 4.69) is 29.5 Å². The van der Waals surface area contributed by atoms with Crippen molar-refractivity contribution in [2.75, 3.05) is 19.6 Å². The first-order valence-electron chi connectivity index (χ1n) is 8.45. The smallest absolute Gasteiger partial charge is 0.250 e. The van der Waals surface area contributed by atoms with Crippen LogP contribution < -0.4 is 16.2 Å². The zero-order chi connectivity index (χ0) is 16.0. The third-order valence-corrected chi connectivity index (χ3v) is 3.39. The van der Waals surface area contributed by atoms with Crippen molar-refractivity contribution in [1.82, 2.24) is 15.2 Å². The SMILES string of the molecule is CCCCCN=C(NCC)NCCCCn1ccccc1=O. The minimum Gasteiger partial charge on any atom is -0.357 e. The lowest BCUT2D eigenvalue weighted by Crippen LogP contribution is -2.38. The first-order chi connectivity index (χ1) is 10.8. The predicted octanol–water partition coefficient (Wildman–Crippen LogP) is 2.37. The molecule has 1 rings (SSSR count). The summed E-state index contributed by atoms with van der Waals surface area (Å²) >= 11 is 0. The van der Waals surface area contributed by atoms with Crippen LogP contribution in [0.1, 0.15) is 46.0 Å². The highest BCUT2D eigenvalue weighted by atomic mass is 16.1. The first-order valence-corrected chi connectivity index (χ1v) is 8.45. The Morgan fingerprint density at radius 1 is 1.14 bits per heavy atom. The van der Waals surface area contributed by atoms with E-state index in [9.17, 15) is 4.79 Å². The molecule has 0 saturated carbocycles. The van der Waals surface area contributed by atoms with Crippen LogP contribution in [-0.4, -0.2) is 30.2 Å². The summed E-state index contributed by atoms with van der Waals surface area (Å²) < 4.78 is 1.75. The molecule has 0 aliphatic heterocycles. The second kappa shape index (κ2) is 11.8. The van der Waals surface area contributed by atoms with Crippen molar-refractivity contribution < 1.29 is 0 Å². The molecule has 0 aliphatic rings. The molecule has 0 bridgehead atoms. The molecule has 0 fully saturated rings. The molecular weight excluding hydrogens is 276 g/mol. The van der Waals surface area contributed by atoms with E-state index >= 15 is 0 Å². The Bertz CT molecular complexity index is 482. The van der Waals surface area contributed by atoms with Crippen molar-refractivity contribution in [3.63, 3.8) is 0 Å². The molecule has 1 aromatic heterocycles. The van der Waals surface area contributed by atoms with E-state index in [4.69, 9.17) is 0 Å². The lowest BCUT2D eigenvalue weighted by molar-refractivity contribution is 0.585. The van der Waals surface area contributed by atoms with Gasteiger partial charge in [0.15, 0.2) is 5.96 Å². The van der Waals surface area contributed by atoms with Gasteiger partial charge in [-0.25, -0.2) is 0 Å². The highest BCUT2D eigenvalue weighted by Gasteiger charge is 1.97. The standard InChI is InChI=1S/C17H30N4O/c1-3-5-7-12-19-17(18-4-2)20-13-8-10-15-21-14-9-6-11-16(21)22/h6,9,11,14H,3-5,7-8,10,12-13,15H2,1-2H3,(H2,18,19,20). The third kappa shape index (κ3) is 7.86. The Balaban J connectivity index is 2.22. The number of unbranched alkanes of at least 4 members (excludes halogenated alkanes) is 3. The van der Waals surface area contributed by atoms with Crippen LogP contribution in [0.5, 0.6) is 0 Å². The highest BCUT2D eigenvalue weighted by Crippen LogP contribution is 1.94. The number of aryl methyl sites for hydroxylation is 1. The Morgan fingerprint density at radius 2 is 2.00 bits per heavy atom. The molecule has 0 unspecified atom stereocenters. The average Bonchev–Trinajstić information content (AvgIpc) is 2.52. The number of aliphatic imine (C=N–C) groups is 1. The number of hydrogen-bond acceptors (Lipinski definition) is 2. The van der Waals surface area contributed by atoms with Gasteiger partial charge in [0, 0.05) is 38.4 Å². The summed E-state index contributed by atoms with van der Waals surface area (Å²) in [6, 6.07) is 5.27. The summed E-state index contributed by atoms with van der Waals surface area (Å²) in [6.07, 6.45) is 7.43. The molecular formula is C17H30N4O. The van der Waals surface area contributed by atoms with E-state index in [0.29, 0.717) is 0 Å². The third-order valence-electron chi connectivity index (χ3n) is 3.39. The van der Waals surface area contributed by atoms with Gasteiger partial charge in [-0.15, -0.1) is 0 Å². The molecule has 124 valence electrons. The molecule has 0 spiro atoms. The van der Waals surface area contributed by atoms with Crippen molar-refractivity contribution in [2.24, 2.45) is 4.99 Å². The quantitative estimate of drug-likeness (QED) is 0.396. The first kappa shape index (κ1) is 18.3. The van der Waals surface area contributed by atoms with Crippen LogP contribution in [0.2, 0.25) is 0 Å². The average molecular weight is 306 g/mol. The van der Waals surface area contributed by atoms with Crippen LogP contribution >= 0.6 is 0 Å². The van der Waals surface area contributed by atoms with Gasteiger partial charge in [0.25, 0.3) is 0 Å². The summed E-state index contributed by atoms with van der Waals surface area (Å²) in [7, 11) is 0. The predicted molar refractivity (Wildman–Crippen MR) is 93.4 cm³/mol. The number of nitrogens with one attached hydrogen (secondary N) is 2. The minimum atomic E-state index is 0.0706. The van der Waals surface area contributed by atoms with Gasteiger partial charge < -0.3 is 15.2 Å². The van der Waals surface area contributed by atoms with E-state index in [1.54, 1.807) is 16.7 Å². The fourth-order valence-electron chi connectivity index (χ4n) is 2.15. The normalized spacial score (nSPS) is 11.5. The van der Waals surface area contributed by atoms with E-state index < -0.39 is 0 Å². The van der Waals surface area contributed by atoms with E-state index in [1.165, 1.54) is 12.8 Å². The molecule has 1 heterocycles. The summed E-state index contributed by atoms with van der Waals surface area (Å²) in [5.74, 6) is 0.899. The molecule has 0 atom stereocenters. The molecule has 2 N–H and O–H groups in total. The molecule has 0 amide bonds. The molecule has 0 aliphatic carbocycles. The van der Waals surface area contributed by atoms with Gasteiger partial charge in [0.05, 0.1) is 0 Å². The zero-order valence-electron chi connectivity index (χ0n) is 14.0. The minimum absolute atomic E-state index is 0.0706. The van der Waals surface area contributed by atoms with Gasteiger partial charge in [-0.2, -0.15) is 0 Å². The molecule has 0 radical (unpaired) electrons. The van der Waals surface area contributed by atoms with Crippen molar-refractivity contribution in [1.29, 1.82) is 0 Å². The molecule has 0 aromatic carbocycles. The maximum atomic E-state index is 11.6. The van der Waals surface area contributed by atoms with Crippen LogP contribution in [0.15, 0.2) is 34.2 Å². The Labute approximate surface area is 133 Å². The molecule has 5 heteroatoms. The van der Waals surface area contributed by atoms with E-state index in [0.717, 1.165) is 51.4 Å². The number of guanidine groups is 1. The van der Waals surface area contributed by atoms with Crippen LogP contribution in [0.4, 0.5) is 0 Å². The van der Waals surface area contributed by atoms with Crippen LogP contribution in [0.25, 0.3) is 0 Å². The maximum absolute atomic E-state index is 11.6. The van der Waals surface area contributed by atoms with Crippen molar-refractivity contribution in [2.45, 2.75) is 52.5 Å². The summed E-state index contributed by atoms with van der Waals surface area (Å²) in [4.78, 5) is 16.1. The number of nitrogens with zero attached hydrogens (tertiary/aromatic N) is 2. The van der Waals surface area contributed by atoms with E-state index in [-0.39, 0.29) is 5.56 Å². The van der Waals surface area contributed by atoms with Gasteiger partial charge in [-0.3, -0.25) is 9.79 Å². The Hall–Kier alpha value is -1.78. The fourth-order valence-corrected chi connectivity index (χ4v) is 2.15. The lowest BCUT2D eigenvalue weighted by atomic mass is 10.2. The van der Waals surface area contributed by atoms with Crippen molar-refractivity contribution in [3.05, 3.63) is 34.7 Å². The maximum Gasteiger partial charge on any atom is 0.250 e. The lowest BCUT2D eigenvalue weighted by Gasteiger charge is -2.11. The summed E-state index contributed by atoms with van der Waals surface area (Å²) in [5, 5.41) is 6.61. The zero-order valence-corrected chi connectivity index (χ0v) is 14.0. The summed E-state index contributed by atoms with van der Waals surface area (Å²) in [6.45, 7) is 7.67. The molecule has 1 aromatic rings. The van der Waals surface area contributed by atoms with Crippen LogP contribution in [0, 0.1) is 0 Å². The van der Waals surface area contributed by atoms with Gasteiger partial charge in [-0.1, -0.05) is 25.8 Å². The number of pyridine rings is 1. The highest BCUT2D eigenvalue weighted by molar-refractivity contribution is 5.79. The van der Waals surface area contributed by atoms with Crippen molar-refractivity contribution in [3.8, 4) is 0 Å². The monoisotopic (exact) mass is 306 g/mol. The number of rotatable bonds is 10. The second-order valence-electron chi connectivity index (χ2n) is 5.33. The van der Waals surface area contributed by atoms with Crippen LogP contribution in [0.3, 0.4) is 0 Å². The van der Waals surface area contributed by atoms with Gasteiger partial charge >= 0.3 is 0 Å². The number of aromatic nitrogens is 1. The molecule has 0 saturated heterocycles. The topological polar surface area (TPSA) is 58.4 Å². The van der Waals surface area contributed by atoms with Gasteiger partial charge in [-0.05, 0) is 32.3 Å². The molecule has 22 heavy (non-hydrogen) atoms. The van der Waals surface area contributed by atoms with E-state index in [1.807, 2.05) is 12.3 Å². The number of hydrogen-bond donors (Lipinski definition) is 2. The summed E-state index contributed by atoms with van der Waals surface area (Å²) in [5.41, 5.74) is 0.0706. The largest absolute Gasteiger partial charge is 0.357 e. The Morgan fingerprint density at radius 3 is 2.73 bits per heavy atom. The second-order valence-corrected chi connectivity index (χ2v) is 5.33. The molecule has 5 nitrogen and oxygen atoms in total. The van der Waals surface area contributed by atoms with Crippen LogP contribution in [-0.2, 0) is 6.54 Å². The van der Waals surface area contributed by atoms with Crippen molar-refractivity contribution >= 4 is 5.96 Å². The fraction of sp³-hybridized carbons (Fsp3) is 0.647. The van der Waals surface area contributed by atoms with Gasteiger partial charge in [0.2, 0.25) is 5.56 Å². The Kier molecular flexibility index (Phi) is 9.83. The van der Waals surface area contributed by atoms with Gasteiger partial charge in [0.1, 0.15) is 0 Å².